The molecule has 2 atom stereocenters. The van der Waals surface area contributed by atoms with Crippen molar-refractivity contribution in [3.63, 3.8) is 0 Å². The first kappa shape index (κ1) is 18.8. The third kappa shape index (κ3) is 4.24. The van der Waals surface area contributed by atoms with Crippen LogP contribution in [0, 0.1) is 5.92 Å². The van der Waals surface area contributed by atoms with Gasteiger partial charge in [-0.15, -0.1) is 0 Å². The number of hydrogen-bond donors (Lipinski definition) is 2. The van der Waals surface area contributed by atoms with Gasteiger partial charge < -0.3 is 24.8 Å². The van der Waals surface area contributed by atoms with Crippen molar-refractivity contribution in [3.8, 4) is 11.5 Å². The van der Waals surface area contributed by atoms with E-state index in [9.17, 15) is 14.7 Å². The molecule has 2 aliphatic rings. The van der Waals surface area contributed by atoms with Gasteiger partial charge in [-0.25, -0.2) is 0 Å². The van der Waals surface area contributed by atoms with E-state index in [1.54, 1.807) is 34.9 Å². The van der Waals surface area contributed by atoms with E-state index in [1.165, 1.54) is 0 Å². The molecule has 0 unspecified atom stereocenters. The zero-order valence-corrected chi connectivity index (χ0v) is 15.6. The van der Waals surface area contributed by atoms with E-state index < -0.39 is 5.92 Å². The summed E-state index contributed by atoms with van der Waals surface area (Å²) < 4.78 is 11.1. The minimum absolute atomic E-state index is 0.0912. The molecule has 0 radical (unpaired) electrons. The first-order valence-corrected chi connectivity index (χ1v) is 10.1. The molecule has 26 heavy (non-hydrogen) atoms. The number of rotatable bonds is 7. The number of carbonyl (C=O) groups excluding carboxylic acids is 2. The second-order valence-corrected chi connectivity index (χ2v) is 7.39. The Morgan fingerprint density at radius 2 is 2.15 bits per heavy atom. The SMILES string of the molecule is CSCC[C@H](CO)NC(=O)[C@@H]1CC(=O)N(c2ccc3c(c2)OCCO3)C1. The smallest absolute Gasteiger partial charge is 0.227 e. The third-order valence-corrected chi connectivity index (χ3v) is 5.21. The first-order valence-electron chi connectivity index (χ1n) is 8.72. The lowest BCUT2D eigenvalue weighted by molar-refractivity contribution is -0.127. The van der Waals surface area contributed by atoms with E-state index in [-0.39, 0.29) is 30.9 Å². The number of carbonyl (C=O) groups is 2. The Hall–Kier alpha value is -1.93. The summed E-state index contributed by atoms with van der Waals surface area (Å²) >= 11 is 1.67. The summed E-state index contributed by atoms with van der Waals surface area (Å²) in [7, 11) is 0. The van der Waals surface area contributed by atoms with E-state index >= 15 is 0 Å². The molecule has 0 saturated carbocycles. The van der Waals surface area contributed by atoms with E-state index in [2.05, 4.69) is 5.32 Å². The van der Waals surface area contributed by atoms with Crippen LogP contribution in [-0.4, -0.2) is 61.3 Å². The largest absolute Gasteiger partial charge is 0.486 e. The number of aliphatic hydroxyl groups excluding tert-OH is 1. The normalized spacial score (nSPS) is 20.2. The number of amides is 2. The van der Waals surface area contributed by atoms with Gasteiger partial charge in [0.05, 0.1) is 18.6 Å². The molecule has 0 aliphatic carbocycles. The van der Waals surface area contributed by atoms with E-state index in [4.69, 9.17) is 9.47 Å². The van der Waals surface area contributed by atoms with Gasteiger partial charge in [0.1, 0.15) is 13.2 Å². The summed E-state index contributed by atoms with van der Waals surface area (Å²) in [4.78, 5) is 26.5. The number of benzene rings is 1. The third-order valence-electron chi connectivity index (χ3n) is 4.57. The second-order valence-electron chi connectivity index (χ2n) is 6.40. The van der Waals surface area contributed by atoms with Gasteiger partial charge in [0.15, 0.2) is 11.5 Å². The minimum atomic E-state index is -0.418. The molecule has 142 valence electrons. The van der Waals surface area contributed by atoms with Crippen LogP contribution in [0.15, 0.2) is 18.2 Å². The van der Waals surface area contributed by atoms with Crippen LogP contribution in [-0.2, 0) is 9.59 Å². The van der Waals surface area contributed by atoms with Gasteiger partial charge in [0.2, 0.25) is 11.8 Å². The zero-order valence-electron chi connectivity index (χ0n) is 14.8. The van der Waals surface area contributed by atoms with Crippen molar-refractivity contribution >= 4 is 29.3 Å². The maximum atomic E-state index is 12.5. The molecular formula is C18H24N2O5S. The molecule has 8 heteroatoms. The van der Waals surface area contributed by atoms with Gasteiger partial charge >= 0.3 is 0 Å². The van der Waals surface area contributed by atoms with Gasteiger partial charge in [0, 0.05) is 24.7 Å². The fourth-order valence-electron chi connectivity index (χ4n) is 3.12. The average Bonchev–Trinajstić information content (AvgIpc) is 3.06. The molecule has 2 heterocycles. The van der Waals surface area contributed by atoms with E-state index in [0.29, 0.717) is 43.4 Å². The predicted octanol–water partition coefficient (Wildman–Crippen LogP) is 1.04. The van der Waals surface area contributed by atoms with E-state index in [0.717, 1.165) is 5.75 Å². The number of thioether (sulfide) groups is 1. The monoisotopic (exact) mass is 380 g/mol. The highest BCUT2D eigenvalue weighted by atomic mass is 32.2. The number of nitrogens with one attached hydrogen (secondary N) is 1. The van der Waals surface area contributed by atoms with Gasteiger partial charge in [-0.3, -0.25) is 9.59 Å². The highest BCUT2D eigenvalue weighted by molar-refractivity contribution is 7.98. The van der Waals surface area contributed by atoms with Crippen molar-refractivity contribution in [2.75, 3.05) is 43.3 Å². The van der Waals surface area contributed by atoms with Crippen molar-refractivity contribution in [2.45, 2.75) is 18.9 Å². The summed E-state index contributed by atoms with van der Waals surface area (Å²) in [5.41, 5.74) is 0.704. The molecule has 2 amide bonds. The van der Waals surface area contributed by atoms with Crippen molar-refractivity contribution in [2.24, 2.45) is 5.92 Å². The van der Waals surface area contributed by atoms with E-state index in [1.807, 2.05) is 6.26 Å². The molecule has 2 aliphatic heterocycles. The molecule has 1 aromatic carbocycles. The molecule has 0 bridgehead atoms. The standard InChI is InChI=1S/C18H24N2O5S/c1-26-7-4-13(11-21)19-18(23)12-8-17(22)20(10-12)14-2-3-15-16(9-14)25-6-5-24-15/h2-3,9,12-13,21H,4-8,10-11H2,1H3,(H,19,23)/t12-,13-/m1/s1. The minimum Gasteiger partial charge on any atom is -0.486 e. The maximum absolute atomic E-state index is 12.5. The molecule has 0 aromatic heterocycles. The van der Waals surface area contributed by atoms with Crippen LogP contribution in [0.4, 0.5) is 5.69 Å². The summed E-state index contributed by atoms with van der Waals surface area (Å²) in [5, 5.41) is 12.3. The van der Waals surface area contributed by atoms with Gasteiger partial charge in [0.25, 0.3) is 0 Å². The van der Waals surface area contributed by atoms with Crippen molar-refractivity contribution in [1.29, 1.82) is 0 Å². The zero-order chi connectivity index (χ0) is 18.5. The average molecular weight is 380 g/mol. The van der Waals surface area contributed by atoms with Crippen LogP contribution < -0.4 is 19.7 Å². The molecule has 2 N–H and O–H groups in total. The van der Waals surface area contributed by atoms with Crippen LogP contribution in [0.1, 0.15) is 12.8 Å². The molecule has 3 rings (SSSR count). The van der Waals surface area contributed by atoms with Gasteiger partial charge in [-0.05, 0) is 30.6 Å². The Kier molecular flexibility index (Phi) is 6.26. The number of nitrogens with zero attached hydrogens (tertiary/aromatic N) is 1. The molecule has 0 spiro atoms. The lowest BCUT2D eigenvalue weighted by Crippen LogP contribution is -2.42. The highest BCUT2D eigenvalue weighted by Crippen LogP contribution is 2.36. The van der Waals surface area contributed by atoms with Crippen LogP contribution in [0.25, 0.3) is 0 Å². The van der Waals surface area contributed by atoms with Crippen LogP contribution in [0.3, 0.4) is 0 Å². The number of aliphatic hydroxyl groups is 1. The Labute approximate surface area is 157 Å². The molecular weight excluding hydrogens is 356 g/mol. The summed E-state index contributed by atoms with van der Waals surface area (Å²) in [6, 6.07) is 5.10. The van der Waals surface area contributed by atoms with Gasteiger partial charge in [-0.1, -0.05) is 0 Å². The predicted molar refractivity (Wildman–Crippen MR) is 99.9 cm³/mol. The molecule has 1 aromatic rings. The topological polar surface area (TPSA) is 88.1 Å². The Bertz CT molecular complexity index is 669. The number of hydrogen-bond acceptors (Lipinski definition) is 6. The van der Waals surface area contributed by atoms with Crippen molar-refractivity contribution in [3.05, 3.63) is 18.2 Å². The quantitative estimate of drug-likeness (QED) is 0.735. The molecule has 1 saturated heterocycles. The maximum Gasteiger partial charge on any atom is 0.227 e. The van der Waals surface area contributed by atoms with Crippen molar-refractivity contribution < 1.29 is 24.2 Å². The summed E-state index contributed by atoms with van der Waals surface area (Å²) in [6.07, 6.45) is 2.86. The summed E-state index contributed by atoms with van der Waals surface area (Å²) in [6.45, 7) is 1.22. The number of anilines is 1. The van der Waals surface area contributed by atoms with Crippen LogP contribution in [0.2, 0.25) is 0 Å². The van der Waals surface area contributed by atoms with Gasteiger partial charge in [-0.2, -0.15) is 11.8 Å². The Morgan fingerprint density at radius 3 is 2.88 bits per heavy atom. The van der Waals surface area contributed by atoms with Crippen molar-refractivity contribution in [1.82, 2.24) is 5.32 Å². The number of fused-ring (bicyclic) bond motifs is 1. The first-order chi connectivity index (χ1) is 12.6. The van der Waals surface area contributed by atoms with Crippen LogP contribution >= 0.6 is 11.8 Å². The lowest BCUT2D eigenvalue weighted by Gasteiger charge is -2.22. The molecule has 7 nitrogen and oxygen atoms in total. The Balaban J connectivity index is 1.64. The fraction of sp³-hybridized carbons (Fsp3) is 0.556. The lowest BCUT2D eigenvalue weighted by atomic mass is 10.1. The second kappa shape index (κ2) is 8.64. The fourth-order valence-corrected chi connectivity index (χ4v) is 3.64. The number of ether oxygens (including phenoxy) is 2. The summed E-state index contributed by atoms with van der Waals surface area (Å²) in [5.74, 6) is 1.45. The highest BCUT2D eigenvalue weighted by Gasteiger charge is 2.36. The van der Waals surface area contributed by atoms with Crippen LogP contribution in [0.5, 0.6) is 11.5 Å². The Morgan fingerprint density at radius 1 is 1.38 bits per heavy atom. The molecule has 1 fully saturated rings.